The van der Waals surface area contributed by atoms with E-state index in [4.69, 9.17) is 21.1 Å². The van der Waals surface area contributed by atoms with Gasteiger partial charge in [-0.1, -0.05) is 11.6 Å². The summed E-state index contributed by atoms with van der Waals surface area (Å²) in [6.07, 6.45) is -6.11. The number of halogens is 5. The molecule has 194 valence electrons. The number of aliphatic hydroxyl groups excluding tert-OH is 1. The van der Waals surface area contributed by atoms with Gasteiger partial charge in [-0.05, 0) is 26.0 Å². The highest BCUT2D eigenvalue weighted by Gasteiger charge is 2.39. The molecule has 0 bridgehead atoms. The molecular weight excluding hydrogens is 516 g/mol. The van der Waals surface area contributed by atoms with Gasteiger partial charge in [-0.3, -0.25) is 9.36 Å². The molecule has 0 fully saturated rings. The molecule has 0 radical (unpaired) electrons. The van der Waals surface area contributed by atoms with Crippen LogP contribution in [0.5, 0.6) is 11.8 Å². The Kier molecular flexibility index (Phi) is 7.83. The number of pyridine rings is 2. The molecule has 0 unspecified atom stereocenters. The Morgan fingerprint density at radius 2 is 2.00 bits per heavy atom. The van der Waals surface area contributed by atoms with Gasteiger partial charge in [-0.25, -0.2) is 14.2 Å². The fourth-order valence-electron chi connectivity index (χ4n) is 2.98. The van der Waals surface area contributed by atoms with Crippen LogP contribution in [-0.4, -0.2) is 54.7 Å². The number of aliphatic hydroxyl groups is 1. The van der Waals surface area contributed by atoms with E-state index < -0.39 is 53.6 Å². The third-order valence-electron chi connectivity index (χ3n) is 4.77. The summed E-state index contributed by atoms with van der Waals surface area (Å²) >= 11 is 5.87. The highest BCUT2D eigenvalue weighted by Crippen LogP contribution is 2.30. The van der Waals surface area contributed by atoms with Gasteiger partial charge in [0.15, 0.2) is 23.6 Å². The van der Waals surface area contributed by atoms with Crippen LogP contribution in [-0.2, 0) is 13.2 Å². The quantitative estimate of drug-likeness (QED) is 0.421. The molecule has 1 amide bonds. The number of hydrogen-bond acceptors (Lipinski definition) is 8. The normalized spacial score (nSPS) is 12.4. The molecular formula is C20H19ClF4N6O5. The summed E-state index contributed by atoms with van der Waals surface area (Å²) in [5.74, 6) is -4.43. The van der Waals surface area contributed by atoms with Gasteiger partial charge in [0.1, 0.15) is 17.9 Å². The van der Waals surface area contributed by atoms with Crippen molar-refractivity contribution in [3.63, 3.8) is 0 Å². The van der Waals surface area contributed by atoms with Gasteiger partial charge < -0.3 is 19.9 Å². The number of alkyl halides is 3. The van der Waals surface area contributed by atoms with Gasteiger partial charge in [-0.15, -0.1) is 5.10 Å². The first-order chi connectivity index (χ1) is 16.9. The molecule has 1 atom stereocenters. The second kappa shape index (κ2) is 10.5. The summed E-state index contributed by atoms with van der Waals surface area (Å²) in [7, 11) is 1.25. The second-order valence-electron chi connectivity index (χ2n) is 7.13. The maximum atomic E-state index is 15.1. The summed E-state index contributed by atoms with van der Waals surface area (Å²) in [4.78, 5) is 33.1. The van der Waals surface area contributed by atoms with Crippen molar-refractivity contribution in [2.75, 3.05) is 12.4 Å². The van der Waals surface area contributed by atoms with E-state index >= 15 is 4.39 Å². The average molecular weight is 535 g/mol. The minimum Gasteiger partial charge on any atom is -0.480 e. The monoisotopic (exact) mass is 534 g/mol. The minimum absolute atomic E-state index is 0.0564. The Morgan fingerprint density at radius 3 is 2.56 bits per heavy atom. The third kappa shape index (κ3) is 5.41. The number of nitrogens with one attached hydrogen (secondary N) is 1. The van der Waals surface area contributed by atoms with Crippen LogP contribution in [0.3, 0.4) is 0 Å². The highest BCUT2D eigenvalue weighted by atomic mass is 35.5. The number of amides is 1. The lowest BCUT2D eigenvalue weighted by atomic mass is 10.2. The summed E-state index contributed by atoms with van der Waals surface area (Å²) in [5.41, 5.74) is -1.73. The van der Waals surface area contributed by atoms with Crippen LogP contribution in [0, 0.1) is 5.82 Å². The Hall–Kier alpha value is -3.72. The molecule has 0 aliphatic rings. The molecule has 0 saturated carbocycles. The molecule has 11 nitrogen and oxygen atoms in total. The standard InChI is InChI=1S/C20H19ClF4N6O5/c1-4-30-14(8-32)29-31(19(30)34)15-12(22)6-11(17(28-15)36-9(2)20(23,24)25)16(33)27-13-5-10(21)7-26-18(13)35-3/h5-7,9,32H,4,8H2,1-3H3,(H,27,33)/t9-/m0/s1. The number of carbonyl (C=O) groups excluding carboxylic acids is 1. The fourth-order valence-corrected chi connectivity index (χ4v) is 3.13. The van der Waals surface area contributed by atoms with Gasteiger partial charge in [0, 0.05) is 12.7 Å². The smallest absolute Gasteiger partial charge is 0.425 e. The predicted molar refractivity (Wildman–Crippen MR) is 117 cm³/mol. The number of nitrogens with zero attached hydrogens (tertiary/aromatic N) is 5. The first-order valence-corrected chi connectivity index (χ1v) is 10.5. The molecule has 0 saturated heterocycles. The highest BCUT2D eigenvalue weighted by molar-refractivity contribution is 6.30. The van der Waals surface area contributed by atoms with Gasteiger partial charge >= 0.3 is 11.9 Å². The first-order valence-electron chi connectivity index (χ1n) is 10.2. The van der Waals surface area contributed by atoms with E-state index in [1.807, 2.05) is 0 Å². The zero-order valence-corrected chi connectivity index (χ0v) is 19.7. The third-order valence-corrected chi connectivity index (χ3v) is 4.98. The summed E-state index contributed by atoms with van der Waals surface area (Å²) in [6.45, 7) is 1.59. The number of rotatable bonds is 8. The van der Waals surface area contributed by atoms with Crippen molar-refractivity contribution in [1.82, 2.24) is 24.3 Å². The van der Waals surface area contributed by atoms with E-state index in [2.05, 4.69) is 20.4 Å². The SMILES string of the molecule is CCn1c(CO)nn(-c2nc(O[C@@H](C)C(F)(F)F)c(C(=O)Nc3cc(Cl)cnc3OC)cc2F)c1=O. The summed E-state index contributed by atoms with van der Waals surface area (Å²) in [5, 5.41) is 15.6. The summed E-state index contributed by atoms with van der Waals surface area (Å²) in [6, 6.07) is 1.78. The number of ether oxygens (including phenoxy) is 2. The lowest BCUT2D eigenvalue weighted by Crippen LogP contribution is -2.33. The predicted octanol–water partition coefficient (Wildman–Crippen LogP) is 2.72. The minimum atomic E-state index is -4.87. The maximum absolute atomic E-state index is 15.1. The summed E-state index contributed by atoms with van der Waals surface area (Å²) < 4.78 is 66.0. The van der Waals surface area contributed by atoms with Gasteiger partial charge in [0.05, 0.1) is 12.1 Å². The van der Waals surface area contributed by atoms with Crippen LogP contribution in [0.1, 0.15) is 30.0 Å². The first kappa shape index (κ1) is 26.9. The molecule has 0 aromatic carbocycles. The number of methoxy groups -OCH3 is 1. The Bertz CT molecular complexity index is 1340. The molecule has 2 N–H and O–H groups in total. The largest absolute Gasteiger partial charge is 0.480 e. The van der Waals surface area contributed by atoms with E-state index in [1.54, 1.807) is 6.92 Å². The Balaban J connectivity index is 2.15. The van der Waals surface area contributed by atoms with Crippen molar-refractivity contribution in [1.29, 1.82) is 0 Å². The fraction of sp³-hybridized carbons (Fsp3) is 0.350. The average Bonchev–Trinajstić information content (AvgIpc) is 3.14. The lowest BCUT2D eigenvalue weighted by Gasteiger charge is -2.19. The van der Waals surface area contributed by atoms with Crippen LogP contribution in [0.15, 0.2) is 23.1 Å². The molecule has 36 heavy (non-hydrogen) atoms. The van der Waals surface area contributed by atoms with Gasteiger partial charge in [-0.2, -0.15) is 22.8 Å². The zero-order valence-electron chi connectivity index (χ0n) is 18.9. The van der Waals surface area contributed by atoms with Crippen molar-refractivity contribution < 1.29 is 36.9 Å². The molecule has 16 heteroatoms. The molecule has 3 rings (SSSR count). The van der Waals surface area contributed by atoms with Gasteiger partial charge in [0.2, 0.25) is 11.8 Å². The van der Waals surface area contributed by atoms with Crippen LogP contribution < -0.4 is 20.5 Å². The second-order valence-corrected chi connectivity index (χ2v) is 7.56. The van der Waals surface area contributed by atoms with Crippen LogP contribution in [0.4, 0.5) is 23.2 Å². The van der Waals surface area contributed by atoms with Crippen molar-refractivity contribution in [2.24, 2.45) is 0 Å². The number of hydrogen-bond donors (Lipinski definition) is 2. The van der Waals surface area contributed by atoms with Crippen LogP contribution in [0.2, 0.25) is 5.02 Å². The number of carbonyl (C=O) groups is 1. The van der Waals surface area contributed by atoms with Crippen molar-refractivity contribution in [3.8, 4) is 17.6 Å². The van der Waals surface area contributed by atoms with Crippen LogP contribution >= 0.6 is 11.6 Å². The number of aromatic nitrogens is 5. The van der Waals surface area contributed by atoms with E-state index in [9.17, 15) is 27.9 Å². The molecule has 3 aromatic heterocycles. The van der Waals surface area contributed by atoms with Crippen molar-refractivity contribution in [3.05, 3.63) is 51.0 Å². The molecule has 0 aliphatic heterocycles. The van der Waals surface area contributed by atoms with E-state index in [1.165, 1.54) is 19.4 Å². The van der Waals surface area contributed by atoms with E-state index in [-0.39, 0.29) is 29.0 Å². The maximum Gasteiger partial charge on any atom is 0.425 e. The van der Waals surface area contributed by atoms with E-state index in [0.717, 1.165) is 4.57 Å². The number of anilines is 1. The van der Waals surface area contributed by atoms with Crippen LogP contribution in [0.25, 0.3) is 5.82 Å². The Labute approximate surface area is 205 Å². The molecule has 0 aliphatic carbocycles. The van der Waals surface area contributed by atoms with Gasteiger partial charge in [0.25, 0.3) is 5.91 Å². The van der Waals surface area contributed by atoms with E-state index in [0.29, 0.717) is 17.7 Å². The molecule has 0 spiro atoms. The topological polar surface area (TPSA) is 133 Å². The zero-order chi connectivity index (χ0) is 26.8. The van der Waals surface area contributed by atoms with Crippen molar-refractivity contribution in [2.45, 2.75) is 39.3 Å². The Morgan fingerprint density at radius 1 is 1.31 bits per heavy atom. The lowest BCUT2D eigenvalue weighted by molar-refractivity contribution is -0.190. The molecule has 3 heterocycles. The molecule has 3 aromatic rings. The van der Waals surface area contributed by atoms with Crippen molar-refractivity contribution >= 4 is 23.2 Å².